The minimum Gasteiger partial charge on any atom is -0.309 e. The zero-order valence-corrected chi connectivity index (χ0v) is 48.8. The number of aromatic nitrogens is 6. The highest BCUT2D eigenvalue weighted by Gasteiger charge is 2.32. The number of nitriles is 4. The Bertz CT molecular complexity index is 5890. The molecule has 0 unspecified atom stereocenters. The van der Waals surface area contributed by atoms with Gasteiger partial charge in [-0.05, 0) is 152 Å². The van der Waals surface area contributed by atoms with Gasteiger partial charge in [-0.3, -0.25) is 9.55 Å². The van der Waals surface area contributed by atoms with Crippen molar-refractivity contribution in [3.8, 4) is 91.9 Å². The predicted octanol–water partition coefficient (Wildman–Crippen LogP) is 19.3. The summed E-state index contributed by atoms with van der Waals surface area (Å²) < 4.78 is 9.08. The number of rotatable bonds is 8. The highest BCUT2D eigenvalue weighted by Crippen LogP contribution is 2.51. The van der Waals surface area contributed by atoms with Gasteiger partial charge in [-0.25, -0.2) is 4.98 Å². The minimum atomic E-state index is 0.468. The van der Waals surface area contributed by atoms with E-state index in [4.69, 9.17) is 9.97 Å². The summed E-state index contributed by atoms with van der Waals surface area (Å²) >= 11 is 0. The van der Waals surface area contributed by atoms with E-state index in [0.717, 1.165) is 143 Å². The van der Waals surface area contributed by atoms with E-state index in [9.17, 15) is 21.0 Å². The van der Waals surface area contributed by atoms with Crippen LogP contribution in [0.25, 0.3) is 155 Å². The molecule has 0 spiro atoms. The standard InChI is InChI=1S/C81H46N10/c1-49-13-12-20-68(86-49)58-14-2-3-19-63(58)78-77(54-29-33-56(34-30-54)88-69-21-8-4-15-59(69)60-16-5-9-22-70(60)88)79(55-31-35-57(36-32-55)89-71-23-10-6-17-61(71)62-18-7-11-24-72(62)89)87-81(91-75-39-27-52(47-84)43-66(75)67-44-53(48-85)28-40-76(67)91)80(78)90-73-37-25-50(45-82)41-64(73)65-42-51(46-83)26-38-74(65)90/h2-44H,1H3. The van der Waals surface area contributed by atoms with Gasteiger partial charge in [-0.15, -0.1) is 0 Å². The topological polar surface area (TPSA) is 141 Å². The lowest BCUT2D eigenvalue weighted by molar-refractivity contribution is 1.03. The lowest BCUT2D eigenvalue weighted by atomic mass is 9.86. The van der Waals surface area contributed by atoms with Crippen molar-refractivity contribution in [3.05, 3.63) is 289 Å². The van der Waals surface area contributed by atoms with Crippen LogP contribution in [0.4, 0.5) is 0 Å². The zero-order valence-electron chi connectivity index (χ0n) is 48.8. The second-order valence-corrected chi connectivity index (χ2v) is 23.0. The van der Waals surface area contributed by atoms with Crippen LogP contribution in [0.3, 0.4) is 0 Å². The number of benzene rings is 11. The molecule has 0 bridgehead atoms. The molecule has 0 aliphatic rings. The molecule has 0 atom stereocenters. The van der Waals surface area contributed by atoms with Crippen LogP contribution in [0.5, 0.6) is 0 Å². The van der Waals surface area contributed by atoms with Crippen LogP contribution in [0, 0.1) is 52.2 Å². The van der Waals surface area contributed by atoms with E-state index >= 15 is 0 Å². The SMILES string of the molecule is Cc1cccc(-c2ccccc2-c2c(-c3ccc(-n4c5ccccc5c5ccccc54)cc3)c(-c3ccc(-n4c5ccccc5c5ccccc54)cc3)nc(-n3c4ccc(C#N)cc4c4cc(C#N)ccc43)c2-n2c3ccc(C#N)cc3c3cc(C#N)ccc32)n1. The first-order valence-corrected chi connectivity index (χ1v) is 29.9. The first kappa shape index (κ1) is 52.2. The normalized spacial score (nSPS) is 11.5. The Labute approximate surface area is 521 Å². The van der Waals surface area contributed by atoms with Crippen molar-refractivity contribution in [3.63, 3.8) is 0 Å². The summed E-state index contributed by atoms with van der Waals surface area (Å²) in [6.07, 6.45) is 0. The van der Waals surface area contributed by atoms with E-state index < -0.39 is 0 Å². The quantitative estimate of drug-likeness (QED) is 0.148. The van der Waals surface area contributed by atoms with Gasteiger partial charge in [0.05, 0.1) is 108 Å². The van der Waals surface area contributed by atoms with Crippen LogP contribution < -0.4 is 0 Å². The van der Waals surface area contributed by atoms with Crippen LogP contribution in [-0.2, 0) is 0 Å². The van der Waals surface area contributed by atoms with Crippen molar-refractivity contribution in [2.75, 3.05) is 0 Å². The van der Waals surface area contributed by atoms with Gasteiger partial charge in [0.2, 0.25) is 0 Å². The maximum atomic E-state index is 10.6. The average molecular weight is 1160 g/mol. The highest BCUT2D eigenvalue weighted by atomic mass is 15.1. The Morgan fingerprint density at radius 2 is 0.670 bits per heavy atom. The molecule has 6 aromatic heterocycles. The number of pyridine rings is 2. The summed E-state index contributed by atoms with van der Waals surface area (Å²) in [4.78, 5) is 11.5. The van der Waals surface area contributed by atoms with Gasteiger partial charge >= 0.3 is 0 Å². The number of hydrogen-bond donors (Lipinski definition) is 0. The molecule has 0 amide bonds. The van der Waals surface area contributed by atoms with E-state index in [2.05, 4.69) is 218 Å². The summed E-state index contributed by atoms with van der Waals surface area (Å²) in [5.41, 5.74) is 19.4. The summed E-state index contributed by atoms with van der Waals surface area (Å²) in [7, 11) is 0. The molecule has 0 saturated heterocycles. The molecular formula is C81H46N10. The third kappa shape index (κ3) is 8.02. The molecule has 0 radical (unpaired) electrons. The molecule has 420 valence electrons. The van der Waals surface area contributed by atoms with Gasteiger partial charge in [-0.2, -0.15) is 21.0 Å². The van der Waals surface area contributed by atoms with Crippen molar-refractivity contribution < 1.29 is 0 Å². The molecule has 17 aromatic rings. The van der Waals surface area contributed by atoms with E-state index in [1.165, 1.54) is 0 Å². The summed E-state index contributed by atoms with van der Waals surface area (Å²) in [6, 6.07) is 98.6. The molecule has 0 fully saturated rings. The van der Waals surface area contributed by atoms with E-state index in [1.54, 1.807) is 0 Å². The molecule has 11 aromatic carbocycles. The van der Waals surface area contributed by atoms with E-state index in [1.807, 2.05) is 91.9 Å². The maximum Gasteiger partial charge on any atom is 0.163 e. The van der Waals surface area contributed by atoms with E-state index in [-0.39, 0.29) is 0 Å². The Morgan fingerprint density at radius 3 is 1.09 bits per heavy atom. The molecule has 0 aliphatic carbocycles. The van der Waals surface area contributed by atoms with Gasteiger partial charge in [0.15, 0.2) is 5.82 Å². The number of nitrogens with zero attached hydrogens (tertiary/aromatic N) is 10. The fraction of sp³-hybridized carbons (Fsp3) is 0.0123. The fourth-order valence-corrected chi connectivity index (χ4v) is 14.0. The third-order valence-electron chi connectivity index (χ3n) is 18.0. The van der Waals surface area contributed by atoms with Crippen LogP contribution >= 0.6 is 0 Å². The molecular weight excluding hydrogens is 1110 g/mol. The van der Waals surface area contributed by atoms with Crippen LogP contribution in [0.15, 0.2) is 261 Å². The van der Waals surface area contributed by atoms with Crippen LogP contribution in [-0.4, -0.2) is 28.2 Å². The molecule has 0 N–H and O–H groups in total. The number of aryl methyl sites for hydroxylation is 1. The molecule has 10 nitrogen and oxygen atoms in total. The highest BCUT2D eigenvalue weighted by molar-refractivity contribution is 6.16. The molecule has 0 saturated carbocycles. The summed E-state index contributed by atoms with van der Waals surface area (Å²) in [5, 5.41) is 49.9. The minimum absolute atomic E-state index is 0.468. The van der Waals surface area contributed by atoms with Gasteiger partial charge in [-0.1, -0.05) is 127 Å². The Hall–Kier alpha value is -13.1. The smallest absolute Gasteiger partial charge is 0.163 e. The summed E-state index contributed by atoms with van der Waals surface area (Å²) in [5.74, 6) is 0.538. The van der Waals surface area contributed by atoms with E-state index in [0.29, 0.717) is 39.5 Å². The lowest BCUT2D eigenvalue weighted by Crippen LogP contribution is -2.11. The number of fused-ring (bicyclic) bond motifs is 12. The lowest BCUT2D eigenvalue weighted by Gasteiger charge is -2.26. The van der Waals surface area contributed by atoms with Gasteiger partial charge < -0.3 is 13.7 Å². The fourth-order valence-electron chi connectivity index (χ4n) is 14.0. The predicted molar refractivity (Wildman–Crippen MR) is 365 cm³/mol. The van der Waals surface area contributed by atoms with Gasteiger partial charge in [0.1, 0.15) is 0 Å². The zero-order chi connectivity index (χ0) is 61.0. The average Bonchev–Trinajstić information content (AvgIpc) is 1.67. The third-order valence-corrected chi connectivity index (χ3v) is 18.0. The van der Waals surface area contributed by atoms with Crippen molar-refractivity contribution in [2.24, 2.45) is 0 Å². The van der Waals surface area contributed by atoms with Crippen molar-refractivity contribution >= 4 is 87.2 Å². The first-order valence-electron chi connectivity index (χ1n) is 29.9. The van der Waals surface area contributed by atoms with Crippen molar-refractivity contribution in [1.29, 1.82) is 21.0 Å². The van der Waals surface area contributed by atoms with Gasteiger partial charge in [0, 0.05) is 82.4 Å². The Balaban J connectivity index is 1.08. The Morgan fingerprint density at radius 1 is 0.297 bits per heavy atom. The number of hydrogen-bond acceptors (Lipinski definition) is 6. The first-order chi connectivity index (χ1) is 44.9. The Kier molecular flexibility index (Phi) is 11.8. The van der Waals surface area contributed by atoms with Crippen LogP contribution in [0.2, 0.25) is 0 Å². The number of para-hydroxylation sites is 4. The molecule has 0 aliphatic heterocycles. The molecule has 17 rings (SSSR count). The van der Waals surface area contributed by atoms with Crippen molar-refractivity contribution in [1.82, 2.24) is 28.2 Å². The second kappa shape index (κ2) is 20.5. The largest absolute Gasteiger partial charge is 0.309 e. The maximum absolute atomic E-state index is 10.6. The molecule has 6 heterocycles. The van der Waals surface area contributed by atoms with Gasteiger partial charge in [0.25, 0.3) is 0 Å². The molecule has 91 heavy (non-hydrogen) atoms. The van der Waals surface area contributed by atoms with Crippen molar-refractivity contribution in [2.45, 2.75) is 6.92 Å². The summed E-state index contributed by atoms with van der Waals surface area (Å²) in [6.45, 7) is 2.01. The monoisotopic (exact) mass is 1160 g/mol. The molecule has 10 heteroatoms. The van der Waals surface area contributed by atoms with Crippen LogP contribution in [0.1, 0.15) is 27.9 Å². The second-order valence-electron chi connectivity index (χ2n) is 23.0.